The second-order valence-corrected chi connectivity index (χ2v) is 3.17. The number of ether oxygens (including phenoxy) is 1. The van der Waals surface area contributed by atoms with Gasteiger partial charge in [-0.3, -0.25) is 4.79 Å². The van der Waals surface area contributed by atoms with E-state index in [0.29, 0.717) is 0 Å². The van der Waals surface area contributed by atoms with Gasteiger partial charge in [-0.2, -0.15) is 26.3 Å². The molecule has 90 valence electrons. The van der Waals surface area contributed by atoms with Crippen molar-refractivity contribution in [2.24, 2.45) is 0 Å². The van der Waals surface area contributed by atoms with Crippen molar-refractivity contribution in [2.45, 2.75) is 30.8 Å². The van der Waals surface area contributed by atoms with Gasteiger partial charge in [0.1, 0.15) is 5.38 Å². The molecule has 0 rings (SSSR count). The smallest absolute Gasteiger partial charge is 0.434 e. The van der Waals surface area contributed by atoms with Crippen LogP contribution in [0, 0.1) is 0 Å². The van der Waals surface area contributed by atoms with Crippen LogP contribution in [0.2, 0.25) is 0 Å². The normalized spacial score (nSPS) is 15.3. The molecule has 0 aliphatic carbocycles. The van der Waals surface area contributed by atoms with Gasteiger partial charge in [0.25, 0.3) is 6.10 Å². The van der Waals surface area contributed by atoms with E-state index in [9.17, 15) is 31.1 Å². The summed E-state index contributed by atoms with van der Waals surface area (Å²) in [5.74, 6) is -1.78. The van der Waals surface area contributed by atoms with Crippen LogP contribution < -0.4 is 0 Å². The van der Waals surface area contributed by atoms with Crippen molar-refractivity contribution >= 4 is 17.6 Å². The quantitative estimate of drug-likeness (QED) is 0.432. The molecule has 0 heterocycles. The van der Waals surface area contributed by atoms with Crippen LogP contribution in [0.5, 0.6) is 0 Å². The summed E-state index contributed by atoms with van der Waals surface area (Å²) in [5.41, 5.74) is 0. The Bertz CT molecular complexity index is 219. The van der Waals surface area contributed by atoms with Gasteiger partial charge < -0.3 is 4.74 Å². The average Bonchev–Trinajstić information content (AvgIpc) is 1.94. The maximum absolute atomic E-state index is 11.8. The Kier molecular flexibility index (Phi) is 4.26. The van der Waals surface area contributed by atoms with Crippen LogP contribution in [0.15, 0.2) is 0 Å². The van der Waals surface area contributed by atoms with Crippen LogP contribution in [-0.4, -0.2) is 29.8 Å². The highest BCUT2D eigenvalue weighted by atomic mass is 35.5. The third-order valence-electron chi connectivity index (χ3n) is 1.15. The molecule has 1 atom stereocenters. The molecular formula is C6H5ClF6O2. The van der Waals surface area contributed by atoms with Gasteiger partial charge in [0.15, 0.2) is 0 Å². The molecular weight excluding hydrogens is 254 g/mol. The summed E-state index contributed by atoms with van der Waals surface area (Å²) >= 11 is 4.96. The largest absolute Gasteiger partial charge is 0.442 e. The molecule has 0 aromatic rings. The molecule has 0 bridgehead atoms. The molecule has 0 spiro atoms. The Balaban J connectivity index is 4.77. The van der Waals surface area contributed by atoms with Gasteiger partial charge >= 0.3 is 18.3 Å². The molecule has 0 radical (unpaired) electrons. The first-order valence-corrected chi connectivity index (χ1v) is 3.88. The van der Waals surface area contributed by atoms with E-state index in [0.717, 1.165) is 6.92 Å². The van der Waals surface area contributed by atoms with Crippen molar-refractivity contribution in [1.82, 2.24) is 0 Å². The molecule has 0 aromatic heterocycles. The monoisotopic (exact) mass is 258 g/mol. The van der Waals surface area contributed by atoms with Crippen molar-refractivity contribution in [3.8, 4) is 0 Å². The first-order valence-electron chi connectivity index (χ1n) is 3.44. The lowest BCUT2D eigenvalue weighted by Gasteiger charge is -2.23. The molecule has 2 nitrogen and oxygen atoms in total. The zero-order valence-electron chi connectivity index (χ0n) is 7.12. The summed E-state index contributed by atoms with van der Waals surface area (Å²) < 4.78 is 74.0. The zero-order chi connectivity index (χ0) is 12.4. The summed E-state index contributed by atoms with van der Waals surface area (Å²) in [6.07, 6.45) is -15.6. The zero-order valence-corrected chi connectivity index (χ0v) is 7.87. The number of carbonyl (C=O) groups excluding carboxylic acids is 1. The van der Waals surface area contributed by atoms with Gasteiger partial charge in [-0.25, -0.2) is 0 Å². The van der Waals surface area contributed by atoms with Crippen molar-refractivity contribution in [3.63, 3.8) is 0 Å². The minimum Gasteiger partial charge on any atom is -0.442 e. The van der Waals surface area contributed by atoms with Crippen molar-refractivity contribution in [3.05, 3.63) is 0 Å². The second kappa shape index (κ2) is 4.46. The molecule has 15 heavy (non-hydrogen) atoms. The fourth-order valence-corrected chi connectivity index (χ4v) is 0.581. The first kappa shape index (κ1) is 14.3. The summed E-state index contributed by atoms with van der Waals surface area (Å²) in [4.78, 5) is 10.5. The lowest BCUT2D eigenvalue weighted by molar-refractivity contribution is -0.313. The van der Waals surface area contributed by atoms with Gasteiger partial charge in [-0.05, 0) is 6.92 Å². The van der Waals surface area contributed by atoms with Crippen LogP contribution in [0.1, 0.15) is 6.92 Å². The highest BCUT2D eigenvalue weighted by molar-refractivity contribution is 6.29. The van der Waals surface area contributed by atoms with Gasteiger partial charge in [-0.15, -0.1) is 11.6 Å². The minimum atomic E-state index is -5.71. The number of esters is 1. The lowest BCUT2D eigenvalue weighted by atomic mass is 10.3. The Morgan fingerprint density at radius 3 is 1.67 bits per heavy atom. The molecule has 1 unspecified atom stereocenters. The third kappa shape index (κ3) is 4.59. The van der Waals surface area contributed by atoms with Gasteiger partial charge in [0.2, 0.25) is 0 Å². The van der Waals surface area contributed by atoms with E-state index >= 15 is 0 Å². The summed E-state index contributed by atoms with van der Waals surface area (Å²) in [6.45, 7) is 0.897. The van der Waals surface area contributed by atoms with Crippen LogP contribution in [-0.2, 0) is 9.53 Å². The molecule has 0 aromatic carbocycles. The van der Waals surface area contributed by atoms with Gasteiger partial charge in [0, 0.05) is 0 Å². The fourth-order valence-electron chi connectivity index (χ4n) is 0.529. The highest BCUT2D eigenvalue weighted by Gasteiger charge is 2.60. The predicted octanol–water partition coefficient (Wildman–Crippen LogP) is 2.65. The Labute approximate surface area is 85.1 Å². The second-order valence-electron chi connectivity index (χ2n) is 2.52. The third-order valence-corrected chi connectivity index (χ3v) is 1.33. The van der Waals surface area contributed by atoms with Gasteiger partial charge in [0.05, 0.1) is 0 Å². The van der Waals surface area contributed by atoms with E-state index in [1.54, 1.807) is 0 Å². The number of carbonyl (C=O) groups is 1. The molecule has 0 saturated carbocycles. The lowest BCUT2D eigenvalue weighted by Crippen LogP contribution is -2.46. The molecule has 0 aliphatic heterocycles. The first-order chi connectivity index (χ1) is 6.46. The van der Waals surface area contributed by atoms with E-state index in [1.165, 1.54) is 0 Å². The highest BCUT2D eigenvalue weighted by Crippen LogP contribution is 2.35. The Morgan fingerprint density at radius 2 is 1.47 bits per heavy atom. The number of alkyl halides is 7. The molecule has 0 fully saturated rings. The van der Waals surface area contributed by atoms with Crippen LogP contribution in [0.4, 0.5) is 26.3 Å². The molecule has 0 aliphatic rings. The molecule has 0 saturated heterocycles. The molecule has 0 amide bonds. The standard InChI is InChI=1S/C6H5ClF6O2/c1-2(7)3(14)15-4(5(8,9)10)6(11,12)13/h2,4H,1H3. The number of hydrogen-bond donors (Lipinski definition) is 0. The van der Waals surface area contributed by atoms with E-state index < -0.39 is 29.8 Å². The minimum absolute atomic E-state index is 0.897. The summed E-state index contributed by atoms with van der Waals surface area (Å²) in [5, 5.41) is -1.59. The Morgan fingerprint density at radius 1 is 1.13 bits per heavy atom. The van der Waals surface area contributed by atoms with E-state index in [2.05, 4.69) is 4.74 Å². The average molecular weight is 259 g/mol. The molecule has 9 heteroatoms. The van der Waals surface area contributed by atoms with Crippen molar-refractivity contribution < 1.29 is 35.9 Å². The topological polar surface area (TPSA) is 26.3 Å². The van der Waals surface area contributed by atoms with E-state index in [4.69, 9.17) is 11.6 Å². The number of halogens is 7. The van der Waals surface area contributed by atoms with Crippen LogP contribution in [0.25, 0.3) is 0 Å². The SMILES string of the molecule is CC(Cl)C(=O)OC(C(F)(F)F)C(F)(F)F. The van der Waals surface area contributed by atoms with Crippen molar-refractivity contribution in [1.29, 1.82) is 0 Å². The van der Waals surface area contributed by atoms with Crippen LogP contribution >= 0.6 is 11.6 Å². The summed E-state index contributed by atoms with van der Waals surface area (Å²) in [6, 6.07) is 0. The maximum atomic E-state index is 11.8. The maximum Gasteiger partial charge on any atom is 0.434 e. The number of hydrogen-bond acceptors (Lipinski definition) is 2. The molecule has 0 N–H and O–H groups in total. The van der Waals surface area contributed by atoms with Crippen molar-refractivity contribution in [2.75, 3.05) is 0 Å². The Hall–Kier alpha value is -0.660. The number of rotatable bonds is 2. The summed E-state index contributed by atoms with van der Waals surface area (Å²) in [7, 11) is 0. The van der Waals surface area contributed by atoms with E-state index in [-0.39, 0.29) is 0 Å². The predicted molar refractivity (Wildman–Crippen MR) is 37.3 cm³/mol. The van der Waals surface area contributed by atoms with E-state index in [1.807, 2.05) is 0 Å². The van der Waals surface area contributed by atoms with Crippen LogP contribution in [0.3, 0.4) is 0 Å². The fraction of sp³-hybridized carbons (Fsp3) is 0.833. The van der Waals surface area contributed by atoms with Gasteiger partial charge in [-0.1, -0.05) is 0 Å².